The number of amidine groups is 1. The maximum absolute atomic E-state index is 5.29. The van der Waals surface area contributed by atoms with Crippen molar-refractivity contribution in [3.8, 4) is 0 Å². The van der Waals surface area contributed by atoms with Gasteiger partial charge in [-0.2, -0.15) is 0 Å². The molecular weight excluding hydrogens is 348 g/mol. The number of hydrogen-bond donors (Lipinski definition) is 2. The molecule has 2 aromatic carbocycles. The molecule has 28 heavy (non-hydrogen) atoms. The molecule has 1 fully saturated rings. The highest BCUT2D eigenvalue weighted by atomic mass is 16.5. The highest BCUT2D eigenvalue weighted by molar-refractivity contribution is 6.08. The Balaban J connectivity index is 1.75. The minimum absolute atomic E-state index is 0.416. The molecule has 4 rings (SSSR count). The van der Waals surface area contributed by atoms with Crippen LogP contribution in [-0.4, -0.2) is 50.1 Å². The second-order valence-electron chi connectivity index (χ2n) is 7.92. The molecule has 2 N–H and O–H groups in total. The smallest absolute Gasteiger partial charge is 0.138 e. The van der Waals surface area contributed by atoms with Crippen LogP contribution in [0.5, 0.6) is 0 Å². The van der Waals surface area contributed by atoms with Crippen LogP contribution in [0.25, 0.3) is 0 Å². The van der Waals surface area contributed by atoms with E-state index in [9.17, 15) is 0 Å². The molecule has 0 bridgehead atoms. The summed E-state index contributed by atoms with van der Waals surface area (Å²) < 4.78 is 5.29. The number of methoxy groups -OCH3 is 1. The Kier molecular flexibility index (Phi) is 5.64. The summed E-state index contributed by atoms with van der Waals surface area (Å²) >= 11 is 0. The Morgan fingerprint density at radius 2 is 2.04 bits per heavy atom. The van der Waals surface area contributed by atoms with Gasteiger partial charge in [0.25, 0.3) is 0 Å². The third-order valence-electron chi connectivity index (χ3n) is 5.58. The molecule has 2 heterocycles. The van der Waals surface area contributed by atoms with Gasteiger partial charge >= 0.3 is 0 Å². The van der Waals surface area contributed by atoms with Crippen molar-refractivity contribution in [3.63, 3.8) is 0 Å². The van der Waals surface area contributed by atoms with Crippen LogP contribution in [0.3, 0.4) is 0 Å². The fraction of sp³-hybridized carbons (Fsp3) is 0.435. The number of rotatable bonds is 4. The van der Waals surface area contributed by atoms with Gasteiger partial charge in [0.05, 0.1) is 11.4 Å². The van der Waals surface area contributed by atoms with E-state index < -0.39 is 0 Å². The summed E-state index contributed by atoms with van der Waals surface area (Å²) in [7, 11) is 1.77. The van der Waals surface area contributed by atoms with Gasteiger partial charge in [-0.15, -0.1) is 0 Å². The van der Waals surface area contributed by atoms with E-state index in [1.165, 1.54) is 11.1 Å². The molecule has 1 atom stereocenters. The second kappa shape index (κ2) is 8.33. The number of hydrogen-bond acceptors (Lipinski definition) is 5. The number of benzene rings is 2. The minimum atomic E-state index is 0.416. The normalized spacial score (nSPS) is 18.8. The van der Waals surface area contributed by atoms with Crippen LogP contribution in [0, 0.1) is 0 Å². The van der Waals surface area contributed by atoms with Crippen LogP contribution in [0.15, 0.2) is 47.5 Å². The molecule has 1 saturated heterocycles. The summed E-state index contributed by atoms with van der Waals surface area (Å²) in [5.41, 5.74) is 5.70. The SMILES string of the molecule is COCC[C@H]1CN(C2=Nc3ccccc3Nc3ccc(C(C)C)cc32)CCN1. The standard InChI is InChI=1S/C23H30N4O/c1-16(2)17-8-9-20-19(14-17)23(26-22-7-5-4-6-21(22)25-20)27-12-11-24-18(15-27)10-13-28-3/h4-9,14,16,18,24-25H,10-13,15H2,1-3H3/t18-/m0/s1. The summed E-state index contributed by atoms with van der Waals surface area (Å²) in [6, 6.07) is 15.4. The highest BCUT2D eigenvalue weighted by Gasteiger charge is 2.26. The van der Waals surface area contributed by atoms with Gasteiger partial charge in [0, 0.05) is 50.6 Å². The Morgan fingerprint density at radius 1 is 1.18 bits per heavy atom. The maximum Gasteiger partial charge on any atom is 0.138 e. The van der Waals surface area contributed by atoms with Crippen LogP contribution in [-0.2, 0) is 4.74 Å². The van der Waals surface area contributed by atoms with E-state index in [0.717, 1.165) is 55.6 Å². The predicted octanol–water partition coefficient (Wildman–Crippen LogP) is 4.26. The van der Waals surface area contributed by atoms with Crippen molar-refractivity contribution >= 4 is 22.9 Å². The summed E-state index contributed by atoms with van der Waals surface area (Å²) in [5.74, 6) is 1.55. The van der Waals surface area contributed by atoms with E-state index in [2.05, 4.69) is 71.8 Å². The Labute approximate surface area is 167 Å². The average molecular weight is 379 g/mol. The number of nitrogens with zero attached hydrogens (tertiary/aromatic N) is 2. The summed E-state index contributed by atoms with van der Waals surface area (Å²) in [6.45, 7) is 8.11. The van der Waals surface area contributed by atoms with Crippen molar-refractivity contribution in [1.29, 1.82) is 0 Å². The van der Waals surface area contributed by atoms with E-state index in [-0.39, 0.29) is 0 Å². The fourth-order valence-corrected chi connectivity index (χ4v) is 3.92. The van der Waals surface area contributed by atoms with Crippen molar-refractivity contribution in [1.82, 2.24) is 10.2 Å². The van der Waals surface area contributed by atoms with Crippen LogP contribution in [0.1, 0.15) is 37.3 Å². The molecule has 0 aromatic heterocycles. The van der Waals surface area contributed by atoms with Gasteiger partial charge in [0.1, 0.15) is 5.84 Å². The van der Waals surface area contributed by atoms with Crippen molar-refractivity contribution in [2.24, 2.45) is 4.99 Å². The molecule has 2 aliphatic rings. The van der Waals surface area contributed by atoms with E-state index in [0.29, 0.717) is 12.0 Å². The molecule has 0 aliphatic carbocycles. The average Bonchev–Trinajstić information content (AvgIpc) is 2.88. The fourth-order valence-electron chi connectivity index (χ4n) is 3.92. The van der Waals surface area contributed by atoms with Gasteiger partial charge in [-0.3, -0.25) is 0 Å². The lowest BCUT2D eigenvalue weighted by molar-refractivity contribution is 0.168. The lowest BCUT2D eigenvalue weighted by Crippen LogP contribution is -2.53. The van der Waals surface area contributed by atoms with Crippen molar-refractivity contribution in [3.05, 3.63) is 53.6 Å². The topological polar surface area (TPSA) is 48.9 Å². The van der Waals surface area contributed by atoms with Gasteiger partial charge in [0.2, 0.25) is 0 Å². The van der Waals surface area contributed by atoms with E-state index in [4.69, 9.17) is 9.73 Å². The molecule has 0 saturated carbocycles. The number of nitrogens with one attached hydrogen (secondary N) is 2. The van der Waals surface area contributed by atoms with Crippen LogP contribution < -0.4 is 10.6 Å². The van der Waals surface area contributed by atoms with Crippen molar-refractivity contribution in [2.45, 2.75) is 32.2 Å². The predicted molar refractivity (Wildman–Crippen MR) is 116 cm³/mol. The number of para-hydroxylation sites is 2. The second-order valence-corrected chi connectivity index (χ2v) is 7.92. The number of aliphatic imine (C=N–C) groups is 1. The van der Waals surface area contributed by atoms with E-state index in [1.54, 1.807) is 7.11 Å². The summed E-state index contributed by atoms with van der Waals surface area (Å²) in [4.78, 5) is 7.57. The molecule has 0 unspecified atom stereocenters. The molecule has 5 nitrogen and oxygen atoms in total. The van der Waals surface area contributed by atoms with Crippen LogP contribution >= 0.6 is 0 Å². The zero-order valence-electron chi connectivity index (χ0n) is 17.0. The third kappa shape index (κ3) is 3.91. The maximum atomic E-state index is 5.29. The Hall–Kier alpha value is -2.37. The monoisotopic (exact) mass is 378 g/mol. The molecule has 2 aliphatic heterocycles. The molecule has 0 spiro atoms. The van der Waals surface area contributed by atoms with Gasteiger partial charge in [-0.25, -0.2) is 4.99 Å². The molecular formula is C23H30N4O. The minimum Gasteiger partial charge on any atom is -0.385 e. The largest absolute Gasteiger partial charge is 0.385 e. The summed E-state index contributed by atoms with van der Waals surface area (Å²) in [6.07, 6.45) is 1.01. The van der Waals surface area contributed by atoms with Crippen LogP contribution in [0.2, 0.25) is 0 Å². The first-order chi connectivity index (χ1) is 13.7. The number of anilines is 2. The first kappa shape index (κ1) is 19.0. The first-order valence-corrected chi connectivity index (χ1v) is 10.2. The first-order valence-electron chi connectivity index (χ1n) is 10.2. The van der Waals surface area contributed by atoms with Gasteiger partial charge in [-0.05, 0) is 42.2 Å². The number of ether oxygens (including phenoxy) is 1. The third-order valence-corrected chi connectivity index (χ3v) is 5.58. The lowest BCUT2D eigenvalue weighted by Gasteiger charge is -2.36. The Morgan fingerprint density at radius 3 is 2.86 bits per heavy atom. The molecule has 5 heteroatoms. The molecule has 2 aromatic rings. The zero-order chi connectivity index (χ0) is 19.5. The van der Waals surface area contributed by atoms with E-state index >= 15 is 0 Å². The van der Waals surface area contributed by atoms with Gasteiger partial charge in [0.15, 0.2) is 0 Å². The summed E-state index contributed by atoms with van der Waals surface area (Å²) in [5, 5.41) is 7.23. The quantitative estimate of drug-likeness (QED) is 0.835. The lowest BCUT2D eigenvalue weighted by atomic mass is 9.98. The molecule has 0 amide bonds. The van der Waals surface area contributed by atoms with E-state index in [1.807, 2.05) is 0 Å². The van der Waals surface area contributed by atoms with Crippen molar-refractivity contribution in [2.75, 3.05) is 38.7 Å². The van der Waals surface area contributed by atoms with Crippen molar-refractivity contribution < 1.29 is 4.74 Å². The van der Waals surface area contributed by atoms with Gasteiger partial charge in [-0.1, -0.05) is 32.0 Å². The zero-order valence-corrected chi connectivity index (χ0v) is 17.0. The molecule has 148 valence electrons. The number of fused-ring (bicyclic) bond motifs is 2. The number of piperazine rings is 1. The molecule has 0 radical (unpaired) electrons. The Bertz CT molecular complexity index is 861. The highest BCUT2D eigenvalue weighted by Crippen LogP contribution is 2.36. The van der Waals surface area contributed by atoms with Crippen LogP contribution in [0.4, 0.5) is 17.1 Å². The van der Waals surface area contributed by atoms with Gasteiger partial charge < -0.3 is 20.3 Å².